The molecule has 0 aliphatic carbocycles. The van der Waals surface area contributed by atoms with E-state index in [0.717, 1.165) is 13.0 Å². The van der Waals surface area contributed by atoms with E-state index < -0.39 is 5.60 Å². The molecule has 0 aromatic carbocycles. The molecule has 0 aromatic rings. The van der Waals surface area contributed by atoms with Crippen LogP contribution < -0.4 is 5.32 Å². The summed E-state index contributed by atoms with van der Waals surface area (Å²) in [7, 11) is 1.66. The summed E-state index contributed by atoms with van der Waals surface area (Å²) in [6, 6.07) is 0. The number of nitrogens with one attached hydrogen (secondary N) is 1. The molecule has 2 N–H and O–H groups in total. The molecule has 4 nitrogen and oxygen atoms in total. The van der Waals surface area contributed by atoms with E-state index in [1.54, 1.807) is 7.11 Å². The zero-order valence-electron chi connectivity index (χ0n) is 7.51. The number of aliphatic hydroxyl groups is 1. The van der Waals surface area contributed by atoms with Crippen LogP contribution in [0.3, 0.4) is 0 Å². The van der Waals surface area contributed by atoms with Crippen molar-refractivity contribution in [1.29, 1.82) is 0 Å². The molecular weight excluding hydrogens is 158 g/mol. The number of hydrogen-bond acceptors (Lipinski definition) is 4. The third-order valence-corrected chi connectivity index (χ3v) is 2.02. The van der Waals surface area contributed by atoms with E-state index in [0.29, 0.717) is 26.4 Å². The van der Waals surface area contributed by atoms with Gasteiger partial charge in [-0.25, -0.2) is 0 Å². The normalized spacial score (nSPS) is 29.5. The number of hydrogen-bond donors (Lipinski definition) is 2. The first-order chi connectivity index (χ1) is 5.77. The van der Waals surface area contributed by atoms with Gasteiger partial charge in [-0.3, -0.25) is 0 Å². The van der Waals surface area contributed by atoms with Gasteiger partial charge in [0.1, 0.15) is 5.60 Å². The Kier molecular flexibility index (Phi) is 3.94. The molecule has 1 aliphatic heterocycles. The van der Waals surface area contributed by atoms with E-state index in [9.17, 15) is 5.11 Å². The van der Waals surface area contributed by atoms with Crippen LogP contribution in [0.2, 0.25) is 0 Å². The molecule has 0 bridgehead atoms. The zero-order valence-corrected chi connectivity index (χ0v) is 7.51. The van der Waals surface area contributed by atoms with Crippen LogP contribution in [0.25, 0.3) is 0 Å². The second-order valence-electron chi connectivity index (χ2n) is 3.20. The van der Waals surface area contributed by atoms with E-state index in [2.05, 4.69) is 5.32 Å². The van der Waals surface area contributed by atoms with Gasteiger partial charge in [0.2, 0.25) is 0 Å². The van der Waals surface area contributed by atoms with Gasteiger partial charge in [-0.05, 0) is 0 Å². The van der Waals surface area contributed by atoms with Crippen LogP contribution in [0.15, 0.2) is 0 Å². The van der Waals surface area contributed by atoms with Crippen molar-refractivity contribution in [3.05, 3.63) is 0 Å². The predicted molar refractivity (Wildman–Crippen MR) is 45.1 cm³/mol. The van der Waals surface area contributed by atoms with Crippen molar-refractivity contribution >= 4 is 0 Å². The molecule has 0 saturated carbocycles. The molecule has 1 heterocycles. The van der Waals surface area contributed by atoms with E-state index in [-0.39, 0.29) is 0 Å². The molecule has 1 unspecified atom stereocenters. The predicted octanol–water partition coefficient (Wildman–Crippen LogP) is -0.626. The molecule has 1 aliphatic rings. The smallest absolute Gasteiger partial charge is 0.102 e. The number of rotatable bonds is 5. The Hall–Kier alpha value is -0.160. The van der Waals surface area contributed by atoms with Gasteiger partial charge >= 0.3 is 0 Å². The molecule has 0 spiro atoms. The van der Waals surface area contributed by atoms with Crippen LogP contribution in [-0.2, 0) is 9.47 Å². The summed E-state index contributed by atoms with van der Waals surface area (Å²) < 4.78 is 9.96. The molecule has 0 amide bonds. The van der Waals surface area contributed by atoms with Crippen LogP contribution in [0, 0.1) is 0 Å². The third kappa shape index (κ3) is 3.06. The van der Waals surface area contributed by atoms with Crippen molar-refractivity contribution in [3.63, 3.8) is 0 Å². The average molecular weight is 175 g/mol. The summed E-state index contributed by atoms with van der Waals surface area (Å²) >= 11 is 0. The van der Waals surface area contributed by atoms with Crippen molar-refractivity contribution in [2.45, 2.75) is 12.0 Å². The maximum absolute atomic E-state index is 9.76. The molecule has 1 rings (SSSR count). The highest BCUT2D eigenvalue weighted by Gasteiger charge is 2.31. The van der Waals surface area contributed by atoms with Crippen molar-refractivity contribution in [2.75, 3.05) is 40.0 Å². The van der Waals surface area contributed by atoms with Crippen LogP contribution in [-0.4, -0.2) is 50.7 Å². The van der Waals surface area contributed by atoms with E-state index >= 15 is 0 Å². The largest absolute Gasteiger partial charge is 0.386 e. The van der Waals surface area contributed by atoms with Gasteiger partial charge in [0.05, 0.1) is 13.2 Å². The van der Waals surface area contributed by atoms with Gasteiger partial charge in [-0.15, -0.1) is 0 Å². The van der Waals surface area contributed by atoms with E-state index in [1.807, 2.05) is 0 Å². The third-order valence-electron chi connectivity index (χ3n) is 2.02. The molecule has 0 radical (unpaired) electrons. The average Bonchev–Trinajstić information content (AvgIpc) is 2.47. The lowest BCUT2D eigenvalue weighted by atomic mass is 10.0. The fourth-order valence-electron chi connectivity index (χ4n) is 1.23. The minimum atomic E-state index is -0.645. The van der Waals surface area contributed by atoms with Crippen molar-refractivity contribution in [3.8, 4) is 0 Å². The maximum atomic E-state index is 9.76. The second kappa shape index (κ2) is 4.77. The number of ether oxygens (including phenoxy) is 2. The minimum absolute atomic E-state index is 0.451. The summed E-state index contributed by atoms with van der Waals surface area (Å²) in [5.74, 6) is 0. The van der Waals surface area contributed by atoms with Gasteiger partial charge in [0.25, 0.3) is 0 Å². The standard InChI is InChI=1S/C8H17NO3/c1-11-5-3-9-6-8(10)2-4-12-7-8/h9-10H,2-7H2,1H3. The second-order valence-corrected chi connectivity index (χ2v) is 3.20. The molecule has 0 aromatic heterocycles. The van der Waals surface area contributed by atoms with Gasteiger partial charge in [-0.1, -0.05) is 0 Å². The summed E-state index contributed by atoms with van der Waals surface area (Å²) in [6.07, 6.45) is 0.729. The van der Waals surface area contributed by atoms with Crippen molar-refractivity contribution < 1.29 is 14.6 Å². The highest BCUT2D eigenvalue weighted by Crippen LogP contribution is 2.16. The van der Waals surface area contributed by atoms with Gasteiger partial charge in [-0.2, -0.15) is 0 Å². The highest BCUT2D eigenvalue weighted by molar-refractivity contribution is 4.84. The molecule has 1 saturated heterocycles. The van der Waals surface area contributed by atoms with Crippen LogP contribution in [0.5, 0.6) is 0 Å². The molecule has 12 heavy (non-hydrogen) atoms. The Morgan fingerprint density at radius 1 is 1.67 bits per heavy atom. The summed E-state index contributed by atoms with van der Waals surface area (Å²) in [4.78, 5) is 0. The Morgan fingerprint density at radius 3 is 3.08 bits per heavy atom. The Bertz CT molecular complexity index is 123. The molecule has 1 fully saturated rings. The van der Waals surface area contributed by atoms with Gasteiger partial charge in [0.15, 0.2) is 0 Å². The Morgan fingerprint density at radius 2 is 2.50 bits per heavy atom. The summed E-state index contributed by atoms with van der Waals surface area (Å²) in [6.45, 7) is 3.17. The van der Waals surface area contributed by atoms with Gasteiger partial charge in [0, 0.05) is 33.2 Å². The molecule has 4 heteroatoms. The van der Waals surface area contributed by atoms with E-state index in [1.165, 1.54) is 0 Å². The first kappa shape index (κ1) is 9.92. The topological polar surface area (TPSA) is 50.7 Å². The van der Waals surface area contributed by atoms with Crippen LogP contribution in [0.1, 0.15) is 6.42 Å². The van der Waals surface area contributed by atoms with Crippen molar-refractivity contribution in [1.82, 2.24) is 5.32 Å². The quantitative estimate of drug-likeness (QED) is 0.546. The monoisotopic (exact) mass is 175 g/mol. The maximum Gasteiger partial charge on any atom is 0.102 e. The molecule has 72 valence electrons. The highest BCUT2D eigenvalue weighted by atomic mass is 16.5. The summed E-state index contributed by atoms with van der Waals surface area (Å²) in [5, 5.41) is 12.9. The Labute approximate surface area is 72.9 Å². The number of methoxy groups -OCH3 is 1. The van der Waals surface area contributed by atoms with E-state index in [4.69, 9.17) is 9.47 Å². The molecular formula is C8H17NO3. The minimum Gasteiger partial charge on any atom is -0.386 e. The fourth-order valence-corrected chi connectivity index (χ4v) is 1.23. The lowest BCUT2D eigenvalue weighted by Crippen LogP contribution is -2.41. The summed E-state index contributed by atoms with van der Waals surface area (Å²) in [5.41, 5.74) is -0.645. The lowest BCUT2D eigenvalue weighted by molar-refractivity contribution is 0.0259. The zero-order chi connectivity index (χ0) is 8.86. The van der Waals surface area contributed by atoms with Crippen LogP contribution >= 0.6 is 0 Å². The molecule has 1 atom stereocenters. The van der Waals surface area contributed by atoms with Crippen LogP contribution in [0.4, 0.5) is 0 Å². The Balaban J connectivity index is 2.05. The SMILES string of the molecule is COCCNCC1(O)CCOC1. The fraction of sp³-hybridized carbons (Fsp3) is 1.00. The first-order valence-corrected chi connectivity index (χ1v) is 4.27. The lowest BCUT2D eigenvalue weighted by Gasteiger charge is -2.20. The first-order valence-electron chi connectivity index (χ1n) is 4.27. The van der Waals surface area contributed by atoms with Gasteiger partial charge < -0.3 is 19.9 Å². The van der Waals surface area contributed by atoms with Crippen molar-refractivity contribution in [2.24, 2.45) is 0 Å².